The third kappa shape index (κ3) is 3.41. The van der Waals surface area contributed by atoms with E-state index in [-0.39, 0.29) is 12.1 Å². The molecule has 0 spiro atoms. The second-order valence-corrected chi connectivity index (χ2v) is 5.64. The Balaban J connectivity index is 2.36. The van der Waals surface area contributed by atoms with Gasteiger partial charge in [-0.2, -0.15) is 0 Å². The molecule has 2 N–H and O–H groups in total. The van der Waals surface area contributed by atoms with E-state index in [4.69, 9.17) is 33.7 Å². The van der Waals surface area contributed by atoms with Crippen LogP contribution in [0.25, 0.3) is 0 Å². The standard InChI is InChI=1S/C14H20Cl2N2O/c1-2-5-18-6-7-19-13(9-17)14(18)11-8-10(15)3-4-12(11)16/h3-4,8,13-14H,2,5-7,9,17H2,1H3. The molecule has 0 bridgehead atoms. The molecule has 1 fully saturated rings. The van der Waals surface area contributed by atoms with E-state index >= 15 is 0 Å². The van der Waals surface area contributed by atoms with Gasteiger partial charge in [0.25, 0.3) is 0 Å². The van der Waals surface area contributed by atoms with Crippen molar-refractivity contribution in [2.24, 2.45) is 5.73 Å². The number of hydrogen-bond donors (Lipinski definition) is 1. The Morgan fingerprint density at radius 3 is 2.89 bits per heavy atom. The van der Waals surface area contributed by atoms with E-state index in [1.54, 1.807) is 6.07 Å². The number of nitrogens with zero attached hydrogens (tertiary/aromatic N) is 1. The summed E-state index contributed by atoms with van der Waals surface area (Å²) >= 11 is 12.4. The van der Waals surface area contributed by atoms with Gasteiger partial charge in [0.15, 0.2) is 0 Å². The molecule has 0 aliphatic carbocycles. The molecule has 1 saturated heterocycles. The SMILES string of the molecule is CCCN1CCOC(CN)C1c1cc(Cl)ccc1Cl. The summed E-state index contributed by atoms with van der Waals surface area (Å²) in [5, 5.41) is 1.41. The van der Waals surface area contributed by atoms with E-state index in [0.717, 1.165) is 36.7 Å². The average Bonchev–Trinajstić information content (AvgIpc) is 2.42. The molecule has 1 aromatic carbocycles. The largest absolute Gasteiger partial charge is 0.374 e. The van der Waals surface area contributed by atoms with Crippen LogP contribution in [0, 0.1) is 0 Å². The van der Waals surface area contributed by atoms with Crippen LogP contribution in [0.5, 0.6) is 0 Å². The first-order chi connectivity index (χ1) is 9.17. The number of benzene rings is 1. The van der Waals surface area contributed by atoms with Gasteiger partial charge in [-0.1, -0.05) is 30.1 Å². The second kappa shape index (κ2) is 6.91. The normalized spacial score (nSPS) is 24.6. The number of hydrogen-bond acceptors (Lipinski definition) is 3. The van der Waals surface area contributed by atoms with Gasteiger partial charge in [0.05, 0.1) is 18.8 Å². The minimum absolute atomic E-state index is 0.0312. The average molecular weight is 303 g/mol. The van der Waals surface area contributed by atoms with Gasteiger partial charge in [0.2, 0.25) is 0 Å². The van der Waals surface area contributed by atoms with Crippen LogP contribution < -0.4 is 5.73 Å². The second-order valence-electron chi connectivity index (χ2n) is 4.79. The molecular formula is C14H20Cl2N2O. The number of rotatable bonds is 4. The van der Waals surface area contributed by atoms with Crippen molar-refractivity contribution in [3.05, 3.63) is 33.8 Å². The fraction of sp³-hybridized carbons (Fsp3) is 0.571. The van der Waals surface area contributed by atoms with Crippen LogP contribution in [0.4, 0.5) is 0 Å². The van der Waals surface area contributed by atoms with Gasteiger partial charge in [0.1, 0.15) is 0 Å². The highest BCUT2D eigenvalue weighted by molar-refractivity contribution is 6.33. The molecular weight excluding hydrogens is 283 g/mol. The van der Waals surface area contributed by atoms with Crippen LogP contribution in [0.15, 0.2) is 18.2 Å². The molecule has 1 aliphatic rings. The van der Waals surface area contributed by atoms with Crippen LogP contribution in [0.3, 0.4) is 0 Å². The van der Waals surface area contributed by atoms with Crippen LogP contribution in [0.1, 0.15) is 24.9 Å². The zero-order valence-electron chi connectivity index (χ0n) is 11.1. The molecule has 2 rings (SSSR count). The Morgan fingerprint density at radius 2 is 2.21 bits per heavy atom. The van der Waals surface area contributed by atoms with Gasteiger partial charge in [-0.15, -0.1) is 0 Å². The Bertz CT molecular complexity index is 426. The molecule has 5 heteroatoms. The van der Waals surface area contributed by atoms with Crippen LogP contribution in [0.2, 0.25) is 10.0 Å². The Morgan fingerprint density at radius 1 is 1.42 bits per heavy atom. The highest BCUT2D eigenvalue weighted by atomic mass is 35.5. The number of halogens is 2. The zero-order valence-corrected chi connectivity index (χ0v) is 12.6. The summed E-state index contributed by atoms with van der Waals surface area (Å²) in [7, 11) is 0. The van der Waals surface area contributed by atoms with Gasteiger partial charge in [-0.25, -0.2) is 0 Å². The molecule has 1 aliphatic heterocycles. The van der Waals surface area contributed by atoms with Crippen molar-refractivity contribution >= 4 is 23.2 Å². The Kier molecular flexibility index (Phi) is 5.48. The summed E-state index contributed by atoms with van der Waals surface area (Å²) in [6.07, 6.45) is 1.06. The Hall–Kier alpha value is -0.320. The molecule has 1 heterocycles. The lowest BCUT2D eigenvalue weighted by Crippen LogP contribution is -2.48. The smallest absolute Gasteiger partial charge is 0.0894 e. The highest BCUT2D eigenvalue weighted by Crippen LogP contribution is 2.35. The molecule has 2 unspecified atom stereocenters. The maximum atomic E-state index is 6.34. The van der Waals surface area contributed by atoms with Crippen LogP contribution in [-0.2, 0) is 4.74 Å². The first-order valence-corrected chi connectivity index (χ1v) is 7.43. The predicted octanol–water partition coefficient (Wildman–Crippen LogP) is 3.10. The molecule has 2 atom stereocenters. The van der Waals surface area contributed by atoms with Gasteiger partial charge >= 0.3 is 0 Å². The molecule has 0 aromatic heterocycles. The molecule has 106 valence electrons. The van der Waals surface area contributed by atoms with Crippen molar-refractivity contribution in [1.29, 1.82) is 0 Å². The summed E-state index contributed by atoms with van der Waals surface area (Å²) in [6, 6.07) is 5.66. The monoisotopic (exact) mass is 302 g/mol. The predicted molar refractivity (Wildman–Crippen MR) is 79.9 cm³/mol. The van der Waals surface area contributed by atoms with Gasteiger partial charge in [-0.3, -0.25) is 4.90 Å². The summed E-state index contributed by atoms with van der Waals surface area (Å²) in [4.78, 5) is 2.39. The molecule has 0 amide bonds. The third-order valence-electron chi connectivity index (χ3n) is 3.48. The van der Waals surface area contributed by atoms with Crippen molar-refractivity contribution in [1.82, 2.24) is 4.90 Å². The van der Waals surface area contributed by atoms with Crippen molar-refractivity contribution in [2.75, 3.05) is 26.2 Å². The summed E-state index contributed by atoms with van der Waals surface area (Å²) in [5.41, 5.74) is 6.86. The van der Waals surface area contributed by atoms with E-state index < -0.39 is 0 Å². The first-order valence-electron chi connectivity index (χ1n) is 6.68. The molecule has 19 heavy (non-hydrogen) atoms. The molecule has 0 saturated carbocycles. The van der Waals surface area contributed by atoms with Gasteiger partial charge in [-0.05, 0) is 36.7 Å². The Labute approximate surface area is 124 Å². The van der Waals surface area contributed by atoms with Crippen molar-refractivity contribution in [3.63, 3.8) is 0 Å². The quantitative estimate of drug-likeness (QED) is 0.929. The fourth-order valence-corrected chi connectivity index (χ4v) is 3.07. The molecule has 1 aromatic rings. The van der Waals surface area contributed by atoms with E-state index in [0.29, 0.717) is 11.6 Å². The van der Waals surface area contributed by atoms with Crippen molar-refractivity contribution in [3.8, 4) is 0 Å². The first kappa shape index (κ1) is 15.1. The summed E-state index contributed by atoms with van der Waals surface area (Å²) < 4.78 is 5.80. The van der Waals surface area contributed by atoms with E-state index in [1.807, 2.05) is 12.1 Å². The lowest BCUT2D eigenvalue weighted by atomic mass is 9.97. The van der Waals surface area contributed by atoms with Gasteiger partial charge in [0, 0.05) is 23.1 Å². The summed E-state index contributed by atoms with van der Waals surface area (Å²) in [5.74, 6) is 0. The number of morpholine rings is 1. The molecule has 0 radical (unpaired) electrons. The van der Waals surface area contributed by atoms with E-state index in [9.17, 15) is 0 Å². The molecule has 3 nitrogen and oxygen atoms in total. The minimum Gasteiger partial charge on any atom is -0.374 e. The van der Waals surface area contributed by atoms with E-state index in [1.165, 1.54) is 0 Å². The van der Waals surface area contributed by atoms with E-state index in [2.05, 4.69) is 11.8 Å². The van der Waals surface area contributed by atoms with Crippen LogP contribution >= 0.6 is 23.2 Å². The lowest BCUT2D eigenvalue weighted by Gasteiger charge is -2.41. The minimum atomic E-state index is -0.0312. The topological polar surface area (TPSA) is 38.5 Å². The van der Waals surface area contributed by atoms with Crippen molar-refractivity contribution in [2.45, 2.75) is 25.5 Å². The number of nitrogens with two attached hydrogens (primary N) is 1. The van der Waals surface area contributed by atoms with Crippen molar-refractivity contribution < 1.29 is 4.74 Å². The number of ether oxygens (including phenoxy) is 1. The summed E-state index contributed by atoms with van der Waals surface area (Å²) in [6.45, 7) is 5.28. The van der Waals surface area contributed by atoms with Crippen LogP contribution in [-0.4, -0.2) is 37.2 Å². The fourth-order valence-electron chi connectivity index (χ4n) is 2.66. The third-order valence-corrected chi connectivity index (χ3v) is 4.06. The maximum Gasteiger partial charge on any atom is 0.0894 e. The highest BCUT2D eigenvalue weighted by Gasteiger charge is 2.33. The lowest BCUT2D eigenvalue weighted by molar-refractivity contribution is -0.0676. The zero-order chi connectivity index (χ0) is 13.8. The maximum absolute atomic E-state index is 6.34. The van der Waals surface area contributed by atoms with Gasteiger partial charge < -0.3 is 10.5 Å².